The first-order chi connectivity index (χ1) is 6.91. The largest absolute Gasteiger partial charge is 0.477 e. The number of carbonyl (C=O) groups is 2. The van der Waals surface area contributed by atoms with E-state index in [4.69, 9.17) is 5.11 Å². The molecule has 0 bridgehead atoms. The van der Waals surface area contributed by atoms with Gasteiger partial charge in [-0.15, -0.1) is 0 Å². The molecular weight excluding hydrogens is 216 g/mol. The normalized spacial score (nSPS) is 10.7. The topological polar surface area (TPSA) is 72.2 Å². The third-order valence-corrected chi connectivity index (χ3v) is 2.55. The van der Waals surface area contributed by atoms with Crippen LogP contribution >= 0.6 is 11.8 Å². The lowest BCUT2D eigenvalue weighted by Crippen LogP contribution is -2.05. The SMILES string of the molecule is CC(C)SC(=O)c1cc(C(=O)O)n(C)n1. The number of aryl methyl sites for hydroxylation is 1. The summed E-state index contributed by atoms with van der Waals surface area (Å²) in [4.78, 5) is 22.2. The Morgan fingerprint density at radius 2 is 2.13 bits per heavy atom. The number of carbonyl (C=O) groups excluding carboxylic acids is 1. The van der Waals surface area contributed by atoms with Gasteiger partial charge in [0.25, 0.3) is 0 Å². The zero-order valence-corrected chi connectivity index (χ0v) is 9.54. The minimum absolute atomic E-state index is 0.0164. The number of rotatable bonds is 3. The average Bonchev–Trinajstić information content (AvgIpc) is 2.46. The zero-order chi connectivity index (χ0) is 11.6. The molecule has 0 aliphatic heterocycles. The van der Waals surface area contributed by atoms with Crippen molar-refractivity contribution < 1.29 is 14.7 Å². The van der Waals surface area contributed by atoms with Gasteiger partial charge < -0.3 is 5.11 Å². The second kappa shape index (κ2) is 4.48. The average molecular weight is 228 g/mol. The molecule has 0 spiro atoms. The Hall–Kier alpha value is -1.30. The zero-order valence-electron chi connectivity index (χ0n) is 8.72. The molecule has 0 saturated carbocycles. The molecular formula is C9H12N2O3S. The van der Waals surface area contributed by atoms with Crippen LogP contribution < -0.4 is 0 Å². The second-order valence-electron chi connectivity index (χ2n) is 3.30. The smallest absolute Gasteiger partial charge is 0.354 e. The van der Waals surface area contributed by atoms with E-state index < -0.39 is 5.97 Å². The summed E-state index contributed by atoms with van der Waals surface area (Å²) in [7, 11) is 1.50. The summed E-state index contributed by atoms with van der Waals surface area (Å²) < 4.78 is 1.19. The van der Waals surface area contributed by atoms with Gasteiger partial charge in [0.15, 0.2) is 0 Å². The molecule has 0 aliphatic carbocycles. The van der Waals surface area contributed by atoms with Crippen LogP contribution in [0.1, 0.15) is 34.8 Å². The Bertz CT molecular complexity index is 398. The number of nitrogens with zero attached hydrogens (tertiary/aromatic N) is 2. The number of aromatic carboxylic acids is 1. The summed E-state index contributed by atoms with van der Waals surface area (Å²) in [5.41, 5.74) is 0.205. The highest BCUT2D eigenvalue weighted by atomic mass is 32.2. The van der Waals surface area contributed by atoms with E-state index in [2.05, 4.69) is 5.10 Å². The molecule has 1 N–H and O–H groups in total. The van der Waals surface area contributed by atoms with Crippen LogP contribution in [0.2, 0.25) is 0 Å². The standard InChI is InChI=1S/C9H12N2O3S/c1-5(2)15-9(14)6-4-7(8(12)13)11(3)10-6/h4-5H,1-3H3,(H,12,13). The van der Waals surface area contributed by atoms with E-state index in [0.717, 1.165) is 11.8 Å². The Labute approximate surface area is 91.5 Å². The van der Waals surface area contributed by atoms with Gasteiger partial charge in [-0.1, -0.05) is 25.6 Å². The lowest BCUT2D eigenvalue weighted by Gasteiger charge is -1.99. The van der Waals surface area contributed by atoms with E-state index in [9.17, 15) is 9.59 Å². The van der Waals surface area contributed by atoms with Gasteiger partial charge in [-0.25, -0.2) is 4.79 Å². The molecule has 0 atom stereocenters. The van der Waals surface area contributed by atoms with Crippen molar-refractivity contribution in [3.63, 3.8) is 0 Å². The van der Waals surface area contributed by atoms with Gasteiger partial charge in [0.1, 0.15) is 11.4 Å². The molecule has 6 heteroatoms. The van der Waals surface area contributed by atoms with E-state index in [1.165, 1.54) is 17.8 Å². The molecule has 1 rings (SSSR count). The second-order valence-corrected chi connectivity index (χ2v) is 4.85. The number of hydrogen-bond acceptors (Lipinski definition) is 4. The number of aromatic nitrogens is 2. The highest BCUT2D eigenvalue weighted by molar-refractivity contribution is 8.14. The van der Waals surface area contributed by atoms with E-state index in [0.29, 0.717) is 0 Å². The van der Waals surface area contributed by atoms with Crippen LogP contribution in [0.15, 0.2) is 6.07 Å². The third kappa shape index (κ3) is 2.82. The van der Waals surface area contributed by atoms with Crippen LogP contribution in [0.3, 0.4) is 0 Å². The molecule has 0 aliphatic rings. The fourth-order valence-electron chi connectivity index (χ4n) is 1.04. The Balaban J connectivity index is 2.92. The lowest BCUT2D eigenvalue weighted by molar-refractivity contribution is 0.0685. The number of thioether (sulfide) groups is 1. The van der Waals surface area contributed by atoms with Gasteiger partial charge in [-0.3, -0.25) is 9.48 Å². The first-order valence-corrected chi connectivity index (χ1v) is 5.28. The van der Waals surface area contributed by atoms with Gasteiger partial charge in [-0.2, -0.15) is 5.10 Å². The van der Waals surface area contributed by atoms with Crippen LogP contribution in [-0.4, -0.2) is 31.2 Å². The van der Waals surface area contributed by atoms with Crippen molar-refractivity contribution in [2.45, 2.75) is 19.1 Å². The van der Waals surface area contributed by atoms with Crippen LogP contribution in [0.5, 0.6) is 0 Å². The van der Waals surface area contributed by atoms with Gasteiger partial charge in [0, 0.05) is 18.4 Å². The minimum atomic E-state index is -1.08. The molecule has 5 nitrogen and oxygen atoms in total. The third-order valence-electron chi connectivity index (χ3n) is 1.65. The van der Waals surface area contributed by atoms with Crippen LogP contribution in [0.4, 0.5) is 0 Å². The van der Waals surface area contributed by atoms with Crippen molar-refractivity contribution in [2.75, 3.05) is 0 Å². The van der Waals surface area contributed by atoms with Crippen LogP contribution in [0, 0.1) is 0 Å². The lowest BCUT2D eigenvalue weighted by atomic mass is 10.4. The van der Waals surface area contributed by atoms with Crippen molar-refractivity contribution in [3.8, 4) is 0 Å². The Morgan fingerprint density at radius 3 is 2.53 bits per heavy atom. The summed E-state index contributed by atoms with van der Waals surface area (Å²) >= 11 is 1.13. The monoisotopic (exact) mass is 228 g/mol. The van der Waals surface area contributed by atoms with Crippen LogP contribution in [-0.2, 0) is 7.05 Å². The maximum Gasteiger partial charge on any atom is 0.354 e. The van der Waals surface area contributed by atoms with Crippen molar-refractivity contribution in [1.29, 1.82) is 0 Å². The molecule has 1 heterocycles. The van der Waals surface area contributed by atoms with E-state index in [-0.39, 0.29) is 21.8 Å². The molecule has 0 unspecified atom stereocenters. The van der Waals surface area contributed by atoms with Crippen molar-refractivity contribution in [2.24, 2.45) is 7.05 Å². The highest BCUT2D eigenvalue weighted by Crippen LogP contribution is 2.17. The molecule has 15 heavy (non-hydrogen) atoms. The van der Waals surface area contributed by atoms with E-state index in [1.807, 2.05) is 13.8 Å². The van der Waals surface area contributed by atoms with Crippen LogP contribution in [0.25, 0.3) is 0 Å². The summed E-state index contributed by atoms with van der Waals surface area (Å²) in [6, 6.07) is 1.29. The van der Waals surface area contributed by atoms with Crippen molar-refractivity contribution in [1.82, 2.24) is 9.78 Å². The number of hydrogen-bond donors (Lipinski definition) is 1. The van der Waals surface area contributed by atoms with Gasteiger partial charge in [0.05, 0.1) is 0 Å². The maximum absolute atomic E-state index is 11.5. The quantitative estimate of drug-likeness (QED) is 0.846. The summed E-state index contributed by atoms with van der Waals surface area (Å²) in [6.07, 6.45) is 0. The first kappa shape index (κ1) is 11.8. The number of carboxylic acids is 1. The minimum Gasteiger partial charge on any atom is -0.477 e. The van der Waals surface area contributed by atoms with E-state index in [1.54, 1.807) is 0 Å². The fraction of sp³-hybridized carbons (Fsp3) is 0.444. The van der Waals surface area contributed by atoms with Gasteiger partial charge in [-0.05, 0) is 0 Å². The summed E-state index contributed by atoms with van der Waals surface area (Å²) in [5.74, 6) is -1.08. The fourth-order valence-corrected chi connectivity index (χ4v) is 1.69. The predicted octanol–water partition coefficient (Wildman–Crippen LogP) is 1.40. The highest BCUT2D eigenvalue weighted by Gasteiger charge is 2.17. The molecule has 0 saturated heterocycles. The molecule has 0 amide bonds. The molecule has 0 radical (unpaired) electrons. The van der Waals surface area contributed by atoms with Gasteiger partial charge in [0.2, 0.25) is 5.12 Å². The Morgan fingerprint density at radius 1 is 1.53 bits per heavy atom. The summed E-state index contributed by atoms with van der Waals surface area (Å²) in [6.45, 7) is 3.78. The molecule has 82 valence electrons. The van der Waals surface area contributed by atoms with Crippen molar-refractivity contribution >= 4 is 22.8 Å². The molecule has 1 aromatic rings. The number of carboxylic acid groups (broad SMARTS) is 1. The predicted molar refractivity (Wildman–Crippen MR) is 57.2 cm³/mol. The molecule has 0 fully saturated rings. The van der Waals surface area contributed by atoms with Crippen molar-refractivity contribution in [3.05, 3.63) is 17.5 Å². The molecule has 0 aromatic carbocycles. The molecule has 1 aromatic heterocycles. The Kier molecular flexibility index (Phi) is 3.52. The first-order valence-electron chi connectivity index (χ1n) is 4.40. The maximum atomic E-state index is 11.5. The summed E-state index contributed by atoms with van der Waals surface area (Å²) in [5, 5.41) is 12.6. The van der Waals surface area contributed by atoms with E-state index >= 15 is 0 Å². The van der Waals surface area contributed by atoms with Gasteiger partial charge >= 0.3 is 5.97 Å².